The number of rotatable bonds is 9. The lowest BCUT2D eigenvalue weighted by Gasteiger charge is -2.42. The topological polar surface area (TPSA) is 52.6 Å². The predicted molar refractivity (Wildman–Crippen MR) is 135 cm³/mol. The lowest BCUT2D eigenvalue weighted by molar-refractivity contribution is -0.132. The summed E-state index contributed by atoms with van der Waals surface area (Å²) in [6.45, 7) is 5.96. The van der Waals surface area contributed by atoms with Gasteiger partial charge in [-0.1, -0.05) is 80.6 Å². The number of hydrogen-bond acceptors (Lipinski definition) is 4. The maximum absolute atomic E-state index is 14.0. The number of aromatic hydroxyl groups is 1. The van der Waals surface area contributed by atoms with Gasteiger partial charge >= 0.3 is 0 Å². The summed E-state index contributed by atoms with van der Waals surface area (Å²) in [5, 5.41) is 12.1. The van der Waals surface area contributed by atoms with E-state index in [4.69, 9.17) is 0 Å². The fourth-order valence-corrected chi connectivity index (χ4v) is 5.61. The monoisotopic (exact) mass is 460 g/mol. The van der Waals surface area contributed by atoms with Gasteiger partial charge < -0.3 is 5.11 Å². The lowest BCUT2D eigenvalue weighted by Crippen LogP contribution is -2.61. The highest BCUT2D eigenvalue weighted by atomic mass is 32.2. The first-order valence-corrected chi connectivity index (χ1v) is 12.5. The van der Waals surface area contributed by atoms with E-state index in [0.717, 1.165) is 42.0 Å². The SMILES string of the molecule is CC(C)CCC(C(=O)NN1CC(Sc2cccc(O)c2)C1)(c1ccccc1)c1ccccc1. The minimum Gasteiger partial charge on any atom is -0.508 e. The number of phenolic OH excluding ortho intramolecular Hbond substituents is 1. The summed E-state index contributed by atoms with van der Waals surface area (Å²) in [5.41, 5.74) is 4.55. The Morgan fingerprint density at radius 1 is 1.00 bits per heavy atom. The Labute approximate surface area is 201 Å². The van der Waals surface area contributed by atoms with E-state index in [1.165, 1.54) is 0 Å². The van der Waals surface area contributed by atoms with E-state index in [0.29, 0.717) is 11.2 Å². The van der Waals surface area contributed by atoms with Crippen LogP contribution >= 0.6 is 11.8 Å². The van der Waals surface area contributed by atoms with Gasteiger partial charge in [0.15, 0.2) is 0 Å². The van der Waals surface area contributed by atoms with Crippen LogP contribution in [0.15, 0.2) is 89.8 Å². The van der Waals surface area contributed by atoms with Crippen LogP contribution in [0, 0.1) is 5.92 Å². The van der Waals surface area contributed by atoms with Gasteiger partial charge in [0.2, 0.25) is 5.91 Å². The predicted octanol–water partition coefficient (Wildman–Crippen LogP) is 5.62. The first kappa shape index (κ1) is 23.4. The van der Waals surface area contributed by atoms with Gasteiger partial charge in [-0.3, -0.25) is 10.2 Å². The number of carbonyl (C=O) groups excluding carboxylic acids is 1. The molecule has 1 fully saturated rings. The second-order valence-corrected chi connectivity index (χ2v) is 10.5. The number of phenols is 1. The molecule has 5 heteroatoms. The van der Waals surface area contributed by atoms with Crippen molar-refractivity contribution in [2.24, 2.45) is 5.92 Å². The summed E-state index contributed by atoms with van der Waals surface area (Å²) >= 11 is 1.74. The lowest BCUT2D eigenvalue weighted by atomic mass is 9.69. The molecule has 0 saturated carbocycles. The minimum absolute atomic E-state index is 0.0290. The first-order valence-electron chi connectivity index (χ1n) is 11.6. The molecule has 0 unspecified atom stereocenters. The first-order chi connectivity index (χ1) is 16.0. The van der Waals surface area contributed by atoms with Gasteiger partial charge in [-0.2, -0.15) is 0 Å². The summed E-state index contributed by atoms with van der Waals surface area (Å²) in [6.07, 6.45) is 1.70. The molecular weight excluding hydrogens is 428 g/mol. The maximum atomic E-state index is 14.0. The van der Waals surface area contributed by atoms with E-state index in [1.54, 1.807) is 23.9 Å². The summed E-state index contributed by atoms with van der Waals surface area (Å²) in [7, 11) is 0. The van der Waals surface area contributed by atoms with Crippen molar-refractivity contribution >= 4 is 17.7 Å². The Balaban J connectivity index is 1.54. The summed E-state index contributed by atoms with van der Waals surface area (Å²) in [6, 6.07) is 27.7. The van der Waals surface area contributed by atoms with E-state index in [2.05, 4.69) is 43.5 Å². The van der Waals surface area contributed by atoms with Crippen LogP contribution < -0.4 is 5.43 Å². The molecular formula is C28H32N2O2S. The molecule has 3 aromatic rings. The molecule has 33 heavy (non-hydrogen) atoms. The molecule has 1 amide bonds. The van der Waals surface area contributed by atoms with Crippen molar-refractivity contribution < 1.29 is 9.90 Å². The fraction of sp³-hybridized carbons (Fsp3) is 0.321. The number of thioether (sulfide) groups is 1. The number of carbonyl (C=O) groups is 1. The second-order valence-electron chi connectivity index (χ2n) is 9.15. The van der Waals surface area contributed by atoms with Crippen LogP contribution in [0.2, 0.25) is 0 Å². The fourth-order valence-electron chi connectivity index (χ4n) is 4.37. The van der Waals surface area contributed by atoms with Crippen LogP contribution in [-0.4, -0.2) is 34.4 Å². The van der Waals surface area contributed by atoms with E-state index in [9.17, 15) is 9.90 Å². The molecule has 1 aliphatic rings. The van der Waals surface area contributed by atoms with Crippen molar-refractivity contribution in [3.8, 4) is 5.75 Å². The average Bonchev–Trinajstić information content (AvgIpc) is 2.79. The van der Waals surface area contributed by atoms with E-state index in [-0.39, 0.29) is 11.7 Å². The zero-order valence-corrected chi connectivity index (χ0v) is 20.1. The normalized spacial score (nSPS) is 14.8. The van der Waals surface area contributed by atoms with Crippen LogP contribution in [0.1, 0.15) is 37.8 Å². The Morgan fingerprint density at radius 3 is 2.15 bits per heavy atom. The Bertz CT molecular complexity index is 1010. The van der Waals surface area contributed by atoms with Crippen LogP contribution in [0.25, 0.3) is 0 Å². The molecule has 3 aromatic carbocycles. The molecule has 1 heterocycles. The number of hydrogen-bond donors (Lipinski definition) is 2. The Morgan fingerprint density at radius 2 is 1.61 bits per heavy atom. The third-order valence-corrected chi connectivity index (χ3v) is 7.40. The second kappa shape index (κ2) is 10.4. The summed E-state index contributed by atoms with van der Waals surface area (Å²) in [4.78, 5) is 15.0. The summed E-state index contributed by atoms with van der Waals surface area (Å²) < 4.78 is 0. The van der Waals surface area contributed by atoms with Gasteiger partial charge in [-0.25, -0.2) is 5.01 Å². The van der Waals surface area contributed by atoms with Crippen LogP contribution in [0.5, 0.6) is 5.75 Å². The zero-order valence-electron chi connectivity index (χ0n) is 19.3. The molecule has 0 atom stereocenters. The molecule has 1 aliphatic heterocycles. The van der Waals surface area contributed by atoms with E-state index in [1.807, 2.05) is 53.5 Å². The largest absolute Gasteiger partial charge is 0.508 e. The van der Waals surface area contributed by atoms with Gasteiger partial charge in [0, 0.05) is 23.2 Å². The van der Waals surface area contributed by atoms with E-state index >= 15 is 0 Å². The molecule has 0 bridgehead atoms. The number of amides is 1. The Kier molecular flexibility index (Phi) is 7.41. The van der Waals surface area contributed by atoms with Crippen molar-refractivity contribution in [2.75, 3.05) is 13.1 Å². The van der Waals surface area contributed by atoms with Crippen molar-refractivity contribution in [1.29, 1.82) is 0 Å². The van der Waals surface area contributed by atoms with Crippen LogP contribution in [0.4, 0.5) is 0 Å². The highest BCUT2D eigenvalue weighted by Crippen LogP contribution is 2.39. The maximum Gasteiger partial charge on any atom is 0.249 e. The quantitative estimate of drug-likeness (QED) is 0.435. The average molecular weight is 461 g/mol. The van der Waals surface area contributed by atoms with Crippen molar-refractivity contribution in [3.05, 3.63) is 96.1 Å². The molecule has 1 saturated heterocycles. The van der Waals surface area contributed by atoms with Crippen molar-refractivity contribution in [2.45, 2.75) is 42.2 Å². The standard InChI is InChI=1S/C28H32N2O2S/c1-21(2)16-17-28(22-10-5-3-6-11-22,23-12-7-4-8-13-23)27(32)29-30-19-26(20-30)33-25-15-9-14-24(31)18-25/h3-15,18,21,26,31H,16-17,19-20H2,1-2H3,(H,29,32). The van der Waals surface area contributed by atoms with Gasteiger partial charge in [0.25, 0.3) is 0 Å². The van der Waals surface area contributed by atoms with Crippen molar-refractivity contribution in [3.63, 3.8) is 0 Å². The molecule has 172 valence electrons. The molecule has 4 nitrogen and oxygen atoms in total. The van der Waals surface area contributed by atoms with Crippen molar-refractivity contribution in [1.82, 2.24) is 10.4 Å². The number of nitrogens with one attached hydrogen (secondary N) is 1. The van der Waals surface area contributed by atoms with E-state index < -0.39 is 5.41 Å². The molecule has 4 rings (SSSR count). The highest BCUT2D eigenvalue weighted by molar-refractivity contribution is 8.00. The third-order valence-electron chi connectivity index (χ3n) is 6.25. The van der Waals surface area contributed by atoms with Gasteiger partial charge in [-0.15, -0.1) is 11.8 Å². The molecule has 0 radical (unpaired) electrons. The Hall–Kier alpha value is -2.76. The third kappa shape index (κ3) is 5.43. The molecule has 2 N–H and O–H groups in total. The van der Waals surface area contributed by atoms with Crippen LogP contribution in [-0.2, 0) is 10.2 Å². The number of hydrazine groups is 1. The molecule has 0 aliphatic carbocycles. The highest BCUT2D eigenvalue weighted by Gasteiger charge is 2.43. The smallest absolute Gasteiger partial charge is 0.249 e. The number of benzene rings is 3. The number of nitrogens with zero attached hydrogens (tertiary/aromatic N) is 1. The van der Waals surface area contributed by atoms with Crippen LogP contribution in [0.3, 0.4) is 0 Å². The van der Waals surface area contributed by atoms with Gasteiger partial charge in [0.05, 0.1) is 0 Å². The zero-order chi connectivity index (χ0) is 23.3. The van der Waals surface area contributed by atoms with Gasteiger partial charge in [0.1, 0.15) is 11.2 Å². The molecule has 0 spiro atoms. The molecule has 0 aromatic heterocycles. The van der Waals surface area contributed by atoms with Gasteiger partial charge in [-0.05, 0) is 48.1 Å². The summed E-state index contributed by atoms with van der Waals surface area (Å²) in [5.74, 6) is 0.808. The minimum atomic E-state index is -0.740.